The lowest BCUT2D eigenvalue weighted by molar-refractivity contribution is 0.347. The molecule has 0 unspecified atom stereocenters. The summed E-state index contributed by atoms with van der Waals surface area (Å²) in [6.07, 6.45) is 1.23. The van der Waals surface area contributed by atoms with Crippen LogP contribution in [0, 0.1) is 0 Å². The molecule has 0 amide bonds. The fourth-order valence-corrected chi connectivity index (χ4v) is 3.30. The number of sulfonamides is 1. The molecule has 0 saturated carbocycles. The predicted octanol–water partition coefficient (Wildman–Crippen LogP) is 2.57. The molecule has 0 saturated heterocycles. The van der Waals surface area contributed by atoms with Gasteiger partial charge in [-0.05, 0) is 18.2 Å². The topological polar surface area (TPSA) is 68.7 Å². The number of para-hydroxylation sites is 1. The molecular formula is C15H17ClN2O4S. The molecular weight excluding hydrogens is 340 g/mol. The molecule has 1 heterocycles. The van der Waals surface area contributed by atoms with Crippen LogP contribution in [0.4, 0.5) is 0 Å². The van der Waals surface area contributed by atoms with Crippen molar-refractivity contribution in [3.63, 3.8) is 0 Å². The maximum atomic E-state index is 12.6. The summed E-state index contributed by atoms with van der Waals surface area (Å²) in [5.74, 6) is 1.05. The number of aromatic nitrogens is 1. The van der Waals surface area contributed by atoms with Gasteiger partial charge in [0, 0.05) is 25.4 Å². The van der Waals surface area contributed by atoms with Crippen LogP contribution in [-0.4, -0.2) is 39.0 Å². The number of benzene rings is 1. The van der Waals surface area contributed by atoms with Crippen LogP contribution in [0.5, 0.6) is 11.5 Å². The van der Waals surface area contributed by atoms with Crippen molar-refractivity contribution < 1.29 is 17.9 Å². The maximum absolute atomic E-state index is 12.6. The van der Waals surface area contributed by atoms with Crippen molar-refractivity contribution in [3.8, 4) is 11.5 Å². The van der Waals surface area contributed by atoms with E-state index < -0.39 is 10.0 Å². The monoisotopic (exact) mass is 356 g/mol. The van der Waals surface area contributed by atoms with Crippen molar-refractivity contribution in [2.45, 2.75) is 11.4 Å². The highest BCUT2D eigenvalue weighted by atomic mass is 35.5. The van der Waals surface area contributed by atoms with Gasteiger partial charge in [-0.15, -0.1) is 0 Å². The van der Waals surface area contributed by atoms with Crippen molar-refractivity contribution in [1.29, 1.82) is 0 Å². The Morgan fingerprint density at radius 2 is 1.91 bits per heavy atom. The first-order valence-electron chi connectivity index (χ1n) is 6.68. The highest BCUT2D eigenvalue weighted by Crippen LogP contribution is 2.32. The van der Waals surface area contributed by atoms with E-state index in [2.05, 4.69) is 4.98 Å². The molecule has 23 heavy (non-hydrogen) atoms. The van der Waals surface area contributed by atoms with Gasteiger partial charge in [-0.1, -0.05) is 23.7 Å². The second kappa shape index (κ2) is 7.16. The lowest BCUT2D eigenvalue weighted by Crippen LogP contribution is -2.26. The highest BCUT2D eigenvalue weighted by molar-refractivity contribution is 7.89. The van der Waals surface area contributed by atoms with Gasteiger partial charge in [0.25, 0.3) is 0 Å². The average Bonchev–Trinajstić information content (AvgIpc) is 2.54. The van der Waals surface area contributed by atoms with Crippen LogP contribution >= 0.6 is 11.6 Å². The van der Waals surface area contributed by atoms with Gasteiger partial charge in [0.15, 0.2) is 11.5 Å². The predicted molar refractivity (Wildman–Crippen MR) is 87.4 cm³/mol. The largest absolute Gasteiger partial charge is 0.493 e. The summed E-state index contributed by atoms with van der Waals surface area (Å²) in [4.78, 5) is 3.89. The van der Waals surface area contributed by atoms with E-state index in [0.717, 1.165) is 0 Å². The van der Waals surface area contributed by atoms with Crippen LogP contribution in [0.25, 0.3) is 0 Å². The van der Waals surface area contributed by atoms with E-state index in [-0.39, 0.29) is 16.6 Å². The molecule has 0 radical (unpaired) electrons. The van der Waals surface area contributed by atoms with Gasteiger partial charge >= 0.3 is 0 Å². The molecule has 0 bridgehead atoms. The summed E-state index contributed by atoms with van der Waals surface area (Å²) in [5, 5.41) is 0.237. The van der Waals surface area contributed by atoms with Crippen LogP contribution in [0.1, 0.15) is 5.56 Å². The van der Waals surface area contributed by atoms with Crippen molar-refractivity contribution in [3.05, 3.63) is 47.2 Å². The second-order valence-corrected chi connectivity index (χ2v) is 7.16. The molecule has 0 atom stereocenters. The van der Waals surface area contributed by atoms with Crippen molar-refractivity contribution >= 4 is 21.6 Å². The summed E-state index contributed by atoms with van der Waals surface area (Å²) >= 11 is 5.69. The minimum atomic E-state index is -3.68. The van der Waals surface area contributed by atoms with Gasteiger partial charge < -0.3 is 9.47 Å². The van der Waals surface area contributed by atoms with E-state index in [1.807, 2.05) is 0 Å². The Kier molecular flexibility index (Phi) is 5.46. The van der Waals surface area contributed by atoms with Crippen LogP contribution in [0.15, 0.2) is 41.4 Å². The number of methoxy groups -OCH3 is 2. The third kappa shape index (κ3) is 3.74. The normalized spacial score (nSPS) is 11.5. The van der Waals surface area contributed by atoms with Gasteiger partial charge in [0.05, 0.1) is 14.2 Å². The number of nitrogens with zero attached hydrogens (tertiary/aromatic N) is 2. The Hall–Kier alpha value is -1.83. The highest BCUT2D eigenvalue weighted by Gasteiger charge is 2.23. The SMILES string of the molecule is COc1cccc(CN(C)S(=O)(=O)c2ccc(Cl)nc2)c1OC. The van der Waals surface area contributed by atoms with Gasteiger partial charge in [-0.2, -0.15) is 4.31 Å². The van der Waals surface area contributed by atoms with Crippen molar-refractivity contribution in [2.24, 2.45) is 0 Å². The number of halogens is 1. The van der Waals surface area contributed by atoms with Gasteiger partial charge in [-0.3, -0.25) is 0 Å². The minimum Gasteiger partial charge on any atom is -0.493 e. The van der Waals surface area contributed by atoms with E-state index in [9.17, 15) is 8.42 Å². The van der Waals surface area contributed by atoms with Crippen LogP contribution in [0.3, 0.4) is 0 Å². The summed E-state index contributed by atoms with van der Waals surface area (Å²) < 4.78 is 36.9. The molecule has 0 aliphatic rings. The molecule has 8 heteroatoms. The van der Waals surface area contributed by atoms with Gasteiger partial charge in [0.1, 0.15) is 10.0 Å². The molecule has 1 aromatic carbocycles. The van der Waals surface area contributed by atoms with Crippen LogP contribution in [0.2, 0.25) is 5.15 Å². The van der Waals surface area contributed by atoms with E-state index in [4.69, 9.17) is 21.1 Å². The Bertz CT molecular complexity index is 779. The second-order valence-electron chi connectivity index (χ2n) is 4.73. The zero-order chi connectivity index (χ0) is 17.0. The zero-order valence-corrected chi connectivity index (χ0v) is 14.6. The van der Waals surface area contributed by atoms with Crippen LogP contribution in [-0.2, 0) is 16.6 Å². The van der Waals surface area contributed by atoms with E-state index >= 15 is 0 Å². The molecule has 0 aliphatic heterocycles. The standard InChI is InChI=1S/C15H17ClN2O4S/c1-18(23(19,20)12-7-8-14(16)17-9-12)10-11-5-4-6-13(21-2)15(11)22-3/h4-9H,10H2,1-3H3. The molecule has 2 aromatic rings. The number of ether oxygens (including phenoxy) is 2. The smallest absolute Gasteiger partial charge is 0.244 e. The lowest BCUT2D eigenvalue weighted by atomic mass is 10.2. The van der Waals surface area contributed by atoms with Crippen molar-refractivity contribution in [1.82, 2.24) is 9.29 Å². The number of hydrogen-bond donors (Lipinski definition) is 0. The molecule has 124 valence electrons. The van der Waals surface area contributed by atoms with Crippen LogP contribution < -0.4 is 9.47 Å². The Labute approximate surface area is 140 Å². The molecule has 6 nitrogen and oxygen atoms in total. The third-order valence-corrected chi connectivity index (χ3v) is 5.30. The van der Waals surface area contributed by atoms with E-state index in [1.54, 1.807) is 18.2 Å². The summed E-state index contributed by atoms with van der Waals surface area (Å²) in [5.41, 5.74) is 0.694. The molecule has 2 rings (SSSR count). The molecule has 0 N–H and O–H groups in total. The minimum absolute atomic E-state index is 0.0752. The Morgan fingerprint density at radius 3 is 2.48 bits per heavy atom. The first-order valence-corrected chi connectivity index (χ1v) is 8.49. The Morgan fingerprint density at radius 1 is 1.17 bits per heavy atom. The number of pyridine rings is 1. The first-order chi connectivity index (χ1) is 10.9. The Balaban J connectivity index is 2.31. The van der Waals surface area contributed by atoms with Gasteiger partial charge in [0.2, 0.25) is 10.0 Å². The van der Waals surface area contributed by atoms with Crippen molar-refractivity contribution in [2.75, 3.05) is 21.3 Å². The molecule has 0 aliphatic carbocycles. The third-order valence-electron chi connectivity index (χ3n) is 3.29. The molecule has 0 fully saturated rings. The fourth-order valence-electron chi connectivity index (χ4n) is 2.10. The summed E-state index contributed by atoms with van der Waals surface area (Å²) in [6, 6.07) is 8.17. The quantitative estimate of drug-likeness (QED) is 0.744. The maximum Gasteiger partial charge on any atom is 0.244 e. The van der Waals surface area contributed by atoms with E-state index in [1.165, 1.54) is 43.9 Å². The van der Waals surface area contributed by atoms with Gasteiger partial charge in [-0.25, -0.2) is 13.4 Å². The first kappa shape index (κ1) is 17.5. The zero-order valence-electron chi connectivity index (χ0n) is 13.0. The van der Waals surface area contributed by atoms with E-state index in [0.29, 0.717) is 17.1 Å². The summed E-state index contributed by atoms with van der Waals surface area (Å²) in [6.45, 7) is 0.130. The molecule has 0 spiro atoms. The fraction of sp³-hybridized carbons (Fsp3) is 0.267. The molecule has 1 aromatic heterocycles. The summed E-state index contributed by atoms with van der Waals surface area (Å²) in [7, 11) is 0.848. The lowest BCUT2D eigenvalue weighted by Gasteiger charge is -2.19. The number of hydrogen-bond acceptors (Lipinski definition) is 5. The number of rotatable bonds is 6. The average molecular weight is 357 g/mol.